The van der Waals surface area contributed by atoms with E-state index in [2.05, 4.69) is 0 Å². The molecule has 0 radical (unpaired) electrons. The first-order valence-electron chi connectivity index (χ1n) is 3.93. The maximum absolute atomic E-state index is 10.7. The van der Waals surface area contributed by atoms with Crippen LogP contribution in [0.3, 0.4) is 0 Å². The Hall–Kier alpha value is -0.860. The Morgan fingerprint density at radius 1 is 0.857 bits per heavy atom. The Kier molecular flexibility index (Phi) is 3.29. The Morgan fingerprint density at radius 3 is 1.50 bits per heavy atom. The number of rotatable bonds is 2. The summed E-state index contributed by atoms with van der Waals surface area (Å²) in [7, 11) is 0. The average Bonchev–Trinajstić information content (AvgIpc) is 2.16. The molecular weight excluding hydrogens is 223 g/mol. The largest absolute Gasteiger partial charge is 0.298 e. The second-order valence-electron chi connectivity index (χ2n) is 2.94. The number of benzene rings is 1. The van der Waals surface area contributed by atoms with Crippen molar-refractivity contribution in [3.05, 3.63) is 32.3 Å². The van der Waals surface area contributed by atoms with Crippen LogP contribution in [0.4, 0.5) is 0 Å². The van der Waals surface area contributed by atoms with Gasteiger partial charge in [-0.2, -0.15) is 0 Å². The summed E-state index contributed by atoms with van der Waals surface area (Å²) < 4.78 is 0. The Bertz CT molecular complexity index is 376. The lowest BCUT2D eigenvalue weighted by Gasteiger charge is -2.10. The highest BCUT2D eigenvalue weighted by Crippen LogP contribution is 2.32. The van der Waals surface area contributed by atoms with E-state index in [1.165, 1.54) is 0 Å². The predicted molar refractivity (Wildman–Crippen MR) is 56.7 cm³/mol. The van der Waals surface area contributed by atoms with Crippen molar-refractivity contribution in [3.8, 4) is 0 Å². The molecule has 0 fully saturated rings. The van der Waals surface area contributed by atoms with Gasteiger partial charge in [0, 0.05) is 11.1 Å². The molecule has 1 aromatic carbocycles. The van der Waals surface area contributed by atoms with E-state index in [0.717, 1.165) is 0 Å². The van der Waals surface area contributed by atoms with Gasteiger partial charge in [0.05, 0.1) is 10.0 Å². The van der Waals surface area contributed by atoms with Gasteiger partial charge in [-0.15, -0.1) is 0 Å². The van der Waals surface area contributed by atoms with Crippen LogP contribution in [0.15, 0.2) is 0 Å². The van der Waals surface area contributed by atoms with Crippen LogP contribution in [-0.2, 0) is 0 Å². The summed E-state index contributed by atoms with van der Waals surface area (Å²) in [5, 5.41) is 0.626. The summed E-state index contributed by atoms with van der Waals surface area (Å²) >= 11 is 11.8. The lowest BCUT2D eigenvalue weighted by Crippen LogP contribution is -1.99. The third kappa shape index (κ3) is 1.56. The van der Waals surface area contributed by atoms with E-state index in [9.17, 15) is 9.59 Å². The molecule has 0 spiro atoms. The Balaban J connectivity index is 3.72. The van der Waals surface area contributed by atoms with Crippen LogP contribution in [0.25, 0.3) is 0 Å². The predicted octanol–water partition coefficient (Wildman–Crippen LogP) is 3.24. The fourth-order valence-corrected chi connectivity index (χ4v) is 1.86. The number of hydrogen-bond acceptors (Lipinski definition) is 2. The van der Waals surface area contributed by atoms with Gasteiger partial charge < -0.3 is 0 Å². The van der Waals surface area contributed by atoms with E-state index in [-0.39, 0.29) is 0 Å². The maximum atomic E-state index is 10.7. The minimum atomic E-state index is 0.313. The lowest BCUT2D eigenvalue weighted by atomic mass is 10.0. The number of hydrogen-bond donors (Lipinski definition) is 0. The second-order valence-corrected chi connectivity index (χ2v) is 3.70. The molecule has 74 valence electrons. The van der Waals surface area contributed by atoms with Gasteiger partial charge in [0.15, 0.2) is 12.6 Å². The molecule has 0 aliphatic heterocycles. The summed E-state index contributed by atoms with van der Waals surface area (Å²) in [4.78, 5) is 21.5. The molecule has 0 heterocycles. The fourth-order valence-electron chi connectivity index (χ4n) is 1.25. The molecule has 0 amide bonds. The third-order valence-electron chi connectivity index (χ3n) is 2.18. The zero-order valence-corrected chi connectivity index (χ0v) is 9.24. The molecule has 14 heavy (non-hydrogen) atoms. The monoisotopic (exact) mass is 230 g/mol. The van der Waals surface area contributed by atoms with Crippen LogP contribution in [0.5, 0.6) is 0 Å². The van der Waals surface area contributed by atoms with Crippen molar-refractivity contribution in [2.24, 2.45) is 0 Å². The van der Waals surface area contributed by atoms with E-state index < -0.39 is 0 Å². The quantitative estimate of drug-likeness (QED) is 0.732. The molecule has 0 aliphatic carbocycles. The Labute approximate surface area is 91.8 Å². The standard InChI is InChI=1S/C10H8Cl2O2/c1-5-7(3-13)9(11)6(2)10(12)8(5)4-14/h3-4H,1-2H3. The molecule has 1 aromatic rings. The van der Waals surface area contributed by atoms with Crippen molar-refractivity contribution in [2.45, 2.75) is 13.8 Å². The number of halogens is 2. The highest BCUT2D eigenvalue weighted by atomic mass is 35.5. The normalized spacial score (nSPS) is 10.0. The first-order chi connectivity index (χ1) is 6.54. The maximum Gasteiger partial charge on any atom is 0.151 e. The minimum Gasteiger partial charge on any atom is -0.298 e. The van der Waals surface area contributed by atoms with Gasteiger partial charge in [-0.25, -0.2) is 0 Å². The van der Waals surface area contributed by atoms with Gasteiger partial charge in [0.1, 0.15) is 0 Å². The van der Waals surface area contributed by atoms with Gasteiger partial charge in [-0.3, -0.25) is 9.59 Å². The topological polar surface area (TPSA) is 34.1 Å². The van der Waals surface area contributed by atoms with Crippen LogP contribution >= 0.6 is 23.2 Å². The molecule has 0 aromatic heterocycles. The van der Waals surface area contributed by atoms with Gasteiger partial charge in [0.2, 0.25) is 0 Å². The van der Waals surface area contributed by atoms with Crippen molar-refractivity contribution < 1.29 is 9.59 Å². The van der Waals surface area contributed by atoms with E-state index in [1.807, 2.05) is 0 Å². The zero-order valence-electron chi connectivity index (χ0n) is 7.73. The first kappa shape index (κ1) is 11.2. The zero-order chi connectivity index (χ0) is 10.9. The summed E-state index contributed by atoms with van der Waals surface area (Å²) in [6.07, 6.45) is 1.27. The molecule has 0 aliphatic rings. The van der Waals surface area contributed by atoms with E-state index in [1.54, 1.807) is 13.8 Å². The van der Waals surface area contributed by atoms with E-state index in [4.69, 9.17) is 23.2 Å². The highest BCUT2D eigenvalue weighted by molar-refractivity contribution is 6.39. The second kappa shape index (κ2) is 4.11. The van der Waals surface area contributed by atoms with Crippen molar-refractivity contribution >= 4 is 35.8 Å². The van der Waals surface area contributed by atoms with Crippen LogP contribution in [0.1, 0.15) is 31.8 Å². The molecule has 0 saturated heterocycles. The van der Waals surface area contributed by atoms with Gasteiger partial charge in [-0.05, 0) is 25.0 Å². The van der Waals surface area contributed by atoms with Crippen molar-refractivity contribution in [1.29, 1.82) is 0 Å². The van der Waals surface area contributed by atoms with Gasteiger partial charge >= 0.3 is 0 Å². The van der Waals surface area contributed by atoms with Crippen molar-refractivity contribution in [1.82, 2.24) is 0 Å². The fraction of sp³-hybridized carbons (Fsp3) is 0.200. The number of aldehydes is 2. The van der Waals surface area contributed by atoms with Crippen LogP contribution in [-0.4, -0.2) is 12.6 Å². The molecular formula is C10H8Cl2O2. The van der Waals surface area contributed by atoms with E-state index >= 15 is 0 Å². The van der Waals surface area contributed by atoms with Crippen LogP contribution in [0.2, 0.25) is 10.0 Å². The minimum absolute atomic E-state index is 0.313. The molecule has 0 bridgehead atoms. The number of carbonyl (C=O) groups is 2. The van der Waals surface area contributed by atoms with Gasteiger partial charge in [-0.1, -0.05) is 23.2 Å². The summed E-state index contributed by atoms with van der Waals surface area (Å²) in [6.45, 7) is 3.31. The smallest absolute Gasteiger partial charge is 0.151 e. The molecule has 0 N–H and O–H groups in total. The molecule has 4 heteroatoms. The average molecular weight is 231 g/mol. The lowest BCUT2D eigenvalue weighted by molar-refractivity contribution is 0.112. The van der Waals surface area contributed by atoms with Gasteiger partial charge in [0.25, 0.3) is 0 Å². The SMILES string of the molecule is Cc1c(Cl)c(C=O)c(C)c(C=O)c1Cl. The molecule has 0 saturated carbocycles. The highest BCUT2D eigenvalue weighted by Gasteiger charge is 2.16. The van der Waals surface area contributed by atoms with Crippen molar-refractivity contribution in [3.63, 3.8) is 0 Å². The Morgan fingerprint density at radius 2 is 1.21 bits per heavy atom. The third-order valence-corrected chi connectivity index (χ3v) is 3.15. The van der Waals surface area contributed by atoms with E-state index in [0.29, 0.717) is 44.9 Å². The summed E-state index contributed by atoms with van der Waals surface area (Å²) in [5.74, 6) is 0. The number of carbonyl (C=O) groups excluding carboxylic acids is 2. The van der Waals surface area contributed by atoms with Crippen LogP contribution in [0, 0.1) is 13.8 Å². The summed E-state index contributed by atoms with van der Waals surface area (Å²) in [5.41, 5.74) is 1.74. The molecule has 0 unspecified atom stereocenters. The molecule has 2 nitrogen and oxygen atoms in total. The molecule has 1 rings (SSSR count). The van der Waals surface area contributed by atoms with Crippen molar-refractivity contribution in [2.75, 3.05) is 0 Å². The summed E-state index contributed by atoms with van der Waals surface area (Å²) in [6, 6.07) is 0. The first-order valence-corrected chi connectivity index (χ1v) is 4.68. The van der Waals surface area contributed by atoms with Crippen LogP contribution < -0.4 is 0 Å². The molecule has 0 atom stereocenters.